The first-order valence-electron chi connectivity index (χ1n) is 5.46. The lowest BCUT2D eigenvalue weighted by Gasteiger charge is -2.21. The second kappa shape index (κ2) is 3.75. The van der Waals surface area contributed by atoms with E-state index in [-0.39, 0.29) is 5.91 Å². The van der Waals surface area contributed by atoms with Crippen LogP contribution < -0.4 is 0 Å². The number of hydrogen-bond acceptors (Lipinski definition) is 2. The Morgan fingerprint density at radius 3 is 2.53 bits per heavy atom. The van der Waals surface area contributed by atoms with Gasteiger partial charge >= 0.3 is 0 Å². The van der Waals surface area contributed by atoms with E-state index in [9.17, 15) is 9.90 Å². The normalized spacial score (nSPS) is 18.5. The highest BCUT2D eigenvalue weighted by atomic mass is 16.3. The maximum absolute atomic E-state index is 12.1. The molecule has 86 valence electrons. The molecule has 17 heavy (non-hydrogen) atoms. The van der Waals surface area contributed by atoms with Gasteiger partial charge in [-0.05, 0) is 18.2 Å². The van der Waals surface area contributed by atoms with Crippen molar-refractivity contribution < 1.29 is 9.90 Å². The monoisotopic (exact) mass is 228 g/mol. The Balaban J connectivity index is 1.92. The Morgan fingerprint density at radius 1 is 1.12 bits per heavy atom. The number of aromatic nitrogens is 1. The van der Waals surface area contributed by atoms with E-state index in [0.717, 1.165) is 0 Å². The zero-order valence-corrected chi connectivity index (χ0v) is 9.15. The molecule has 1 N–H and O–H groups in total. The minimum absolute atomic E-state index is 0.123. The van der Waals surface area contributed by atoms with Crippen LogP contribution in [-0.2, 0) is 6.67 Å². The number of hydrogen-bond donors (Lipinski definition) is 1. The van der Waals surface area contributed by atoms with Gasteiger partial charge in [-0.3, -0.25) is 9.69 Å². The number of carbonyl (C=O) groups is 1. The van der Waals surface area contributed by atoms with Crippen LogP contribution in [0.3, 0.4) is 0 Å². The lowest BCUT2D eigenvalue weighted by Crippen LogP contribution is -2.29. The summed E-state index contributed by atoms with van der Waals surface area (Å²) >= 11 is 0. The maximum atomic E-state index is 12.1. The predicted octanol–water partition coefficient (Wildman–Crippen LogP) is 1.59. The molecule has 1 amide bonds. The van der Waals surface area contributed by atoms with E-state index < -0.39 is 6.23 Å². The smallest absolute Gasteiger partial charge is 0.258 e. The minimum Gasteiger partial charge on any atom is -0.369 e. The van der Waals surface area contributed by atoms with Crippen LogP contribution in [0, 0.1) is 0 Å². The van der Waals surface area contributed by atoms with Gasteiger partial charge in [0.1, 0.15) is 0 Å². The Bertz CT molecular complexity index is 548. The fourth-order valence-electron chi connectivity index (χ4n) is 2.13. The summed E-state index contributed by atoms with van der Waals surface area (Å²) in [6.45, 7) is 0.363. The molecule has 0 bridgehead atoms. The molecule has 1 unspecified atom stereocenters. The fourth-order valence-corrected chi connectivity index (χ4v) is 2.13. The molecule has 2 aromatic rings. The third-order valence-corrected chi connectivity index (χ3v) is 3.01. The molecule has 0 spiro atoms. The van der Waals surface area contributed by atoms with E-state index in [2.05, 4.69) is 0 Å². The van der Waals surface area contributed by atoms with Gasteiger partial charge < -0.3 is 9.67 Å². The summed E-state index contributed by atoms with van der Waals surface area (Å²) in [7, 11) is 0. The zero-order valence-electron chi connectivity index (χ0n) is 9.15. The molecule has 1 aliphatic rings. The van der Waals surface area contributed by atoms with Gasteiger partial charge in [0.05, 0.1) is 6.67 Å². The summed E-state index contributed by atoms with van der Waals surface area (Å²) < 4.78 is 1.85. The molecule has 1 aliphatic heterocycles. The number of benzene rings is 1. The maximum Gasteiger partial charge on any atom is 0.258 e. The molecule has 3 rings (SSSR count). The van der Waals surface area contributed by atoms with Gasteiger partial charge in [0.25, 0.3) is 5.91 Å². The minimum atomic E-state index is -0.846. The molecule has 0 fully saturated rings. The van der Waals surface area contributed by atoms with Crippen LogP contribution in [0.25, 0.3) is 0 Å². The second-order valence-corrected chi connectivity index (χ2v) is 4.07. The summed E-state index contributed by atoms with van der Waals surface area (Å²) in [4.78, 5) is 13.5. The first-order valence-corrected chi connectivity index (χ1v) is 5.46. The Labute approximate surface area is 98.7 Å². The molecule has 0 saturated carbocycles. The highest BCUT2D eigenvalue weighted by Crippen LogP contribution is 2.31. The largest absolute Gasteiger partial charge is 0.369 e. The number of carbonyl (C=O) groups excluding carboxylic acids is 1. The lowest BCUT2D eigenvalue weighted by atomic mass is 10.1. The molecular weight excluding hydrogens is 216 g/mol. The fraction of sp³-hybridized carbons (Fsp3) is 0.154. The van der Waals surface area contributed by atoms with Crippen molar-refractivity contribution in [3.8, 4) is 0 Å². The van der Waals surface area contributed by atoms with E-state index in [4.69, 9.17) is 0 Å². The van der Waals surface area contributed by atoms with E-state index in [1.807, 2.05) is 41.2 Å². The van der Waals surface area contributed by atoms with Gasteiger partial charge in [-0.25, -0.2) is 0 Å². The summed E-state index contributed by atoms with van der Waals surface area (Å²) in [5, 5.41) is 10.1. The van der Waals surface area contributed by atoms with E-state index in [0.29, 0.717) is 17.8 Å². The van der Waals surface area contributed by atoms with Crippen LogP contribution in [0.2, 0.25) is 0 Å². The van der Waals surface area contributed by atoms with Crippen molar-refractivity contribution in [2.24, 2.45) is 0 Å². The average molecular weight is 228 g/mol. The topological polar surface area (TPSA) is 45.5 Å². The quantitative estimate of drug-likeness (QED) is 0.848. The molecule has 0 saturated heterocycles. The van der Waals surface area contributed by atoms with Crippen LogP contribution in [0.5, 0.6) is 0 Å². The summed E-state index contributed by atoms with van der Waals surface area (Å²) in [6.07, 6.45) is 2.88. The number of amides is 1. The first-order chi connectivity index (χ1) is 8.27. The molecule has 1 atom stereocenters. The molecule has 1 aromatic heterocycles. The molecule has 2 heterocycles. The highest BCUT2D eigenvalue weighted by molar-refractivity contribution is 5.98. The molecule has 1 aromatic carbocycles. The molecule has 4 nitrogen and oxygen atoms in total. The van der Waals surface area contributed by atoms with Crippen molar-refractivity contribution in [3.63, 3.8) is 0 Å². The van der Waals surface area contributed by atoms with Gasteiger partial charge in [-0.2, -0.15) is 0 Å². The molecule has 0 aliphatic carbocycles. The number of nitrogens with zero attached hydrogens (tertiary/aromatic N) is 2. The summed E-state index contributed by atoms with van der Waals surface area (Å²) in [5.74, 6) is -0.123. The highest BCUT2D eigenvalue weighted by Gasteiger charge is 2.34. The number of aliphatic hydroxyl groups is 1. The number of fused-ring (bicyclic) bond motifs is 1. The van der Waals surface area contributed by atoms with Crippen molar-refractivity contribution in [3.05, 3.63) is 59.9 Å². The van der Waals surface area contributed by atoms with Crippen molar-refractivity contribution in [2.45, 2.75) is 12.9 Å². The third kappa shape index (κ3) is 1.54. The Hall–Kier alpha value is -2.07. The summed E-state index contributed by atoms with van der Waals surface area (Å²) in [6, 6.07) is 10.9. The van der Waals surface area contributed by atoms with E-state index in [1.165, 1.54) is 4.90 Å². The van der Waals surface area contributed by atoms with Crippen LogP contribution in [0.1, 0.15) is 22.1 Å². The van der Waals surface area contributed by atoms with Gasteiger partial charge in [-0.1, -0.05) is 18.2 Å². The van der Waals surface area contributed by atoms with Crippen molar-refractivity contribution in [1.29, 1.82) is 0 Å². The lowest BCUT2D eigenvalue weighted by molar-refractivity contribution is 0.00328. The first kappa shape index (κ1) is 10.1. The van der Waals surface area contributed by atoms with Crippen LogP contribution in [0.4, 0.5) is 0 Å². The van der Waals surface area contributed by atoms with E-state index in [1.54, 1.807) is 12.1 Å². The van der Waals surface area contributed by atoms with Crippen LogP contribution >= 0.6 is 0 Å². The van der Waals surface area contributed by atoms with Gasteiger partial charge in [0, 0.05) is 23.5 Å². The Kier molecular flexibility index (Phi) is 2.23. The van der Waals surface area contributed by atoms with Crippen LogP contribution in [0.15, 0.2) is 48.8 Å². The molecule has 4 heteroatoms. The SMILES string of the molecule is O=C1c2ccccc2C(O)N1Cn1cccc1. The standard InChI is InChI=1S/C13H12N2O2/c16-12-10-5-1-2-6-11(10)13(17)15(12)9-14-7-3-4-8-14/h1-8,12,16H,9H2. The number of aliphatic hydroxyl groups excluding tert-OH is 1. The predicted molar refractivity (Wildman–Crippen MR) is 62.0 cm³/mol. The zero-order chi connectivity index (χ0) is 11.8. The Morgan fingerprint density at radius 2 is 1.82 bits per heavy atom. The summed E-state index contributed by atoms with van der Waals surface area (Å²) in [5.41, 5.74) is 1.27. The van der Waals surface area contributed by atoms with Gasteiger partial charge in [0.15, 0.2) is 6.23 Å². The average Bonchev–Trinajstić information content (AvgIpc) is 2.94. The van der Waals surface area contributed by atoms with Crippen LogP contribution in [-0.4, -0.2) is 20.5 Å². The van der Waals surface area contributed by atoms with Crippen molar-refractivity contribution in [2.75, 3.05) is 0 Å². The van der Waals surface area contributed by atoms with Gasteiger partial charge in [0.2, 0.25) is 0 Å². The van der Waals surface area contributed by atoms with Gasteiger partial charge in [-0.15, -0.1) is 0 Å². The third-order valence-electron chi connectivity index (χ3n) is 3.01. The molecule has 0 radical (unpaired) electrons. The number of rotatable bonds is 2. The van der Waals surface area contributed by atoms with Crippen molar-refractivity contribution >= 4 is 5.91 Å². The molecular formula is C13H12N2O2. The van der Waals surface area contributed by atoms with Crippen molar-refractivity contribution in [1.82, 2.24) is 9.47 Å². The van der Waals surface area contributed by atoms with E-state index >= 15 is 0 Å². The second-order valence-electron chi connectivity index (χ2n) is 4.07.